The molecule has 0 aliphatic rings. The molecule has 0 bridgehead atoms. The summed E-state index contributed by atoms with van der Waals surface area (Å²) >= 11 is 0. The Kier molecular flexibility index (Phi) is 9.56. The highest BCUT2D eigenvalue weighted by atomic mass is 19.1. The molecule has 3 aromatic rings. The maximum atomic E-state index is 14.4. The molecule has 0 aliphatic carbocycles. The molecule has 0 unspecified atom stereocenters. The number of aliphatic hydroxyl groups is 2. The van der Waals surface area contributed by atoms with Gasteiger partial charge >= 0.3 is 17.9 Å². The third-order valence-electron chi connectivity index (χ3n) is 5.38. The van der Waals surface area contributed by atoms with Crippen LogP contribution in [-0.4, -0.2) is 73.8 Å². The summed E-state index contributed by atoms with van der Waals surface area (Å²) in [5, 5.41) is 49.0. The van der Waals surface area contributed by atoms with Gasteiger partial charge in [0.1, 0.15) is 36.2 Å². The summed E-state index contributed by atoms with van der Waals surface area (Å²) < 4.78 is 43.0. The van der Waals surface area contributed by atoms with E-state index in [9.17, 15) is 32.7 Å². The Labute approximate surface area is 211 Å². The van der Waals surface area contributed by atoms with E-state index in [2.05, 4.69) is 20.1 Å². The fourth-order valence-electron chi connectivity index (χ4n) is 3.44. The highest BCUT2D eigenvalue weighted by Gasteiger charge is 2.42. The SMILES string of the molecule is C[C@@H](c1ncncc1F)[C@](O)(Cn1cncn1)c1ccc(F)cc1F.O=C(O)CC(O)(CC(=O)O)C(=O)O. The number of carbonyl (C=O) groups is 3. The molecule has 2 heterocycles. The molecule has 1 aromatic carbocycles. The highest BCUT2D eigenvalue weighted by molar-refractivity contribution is 5.88. The first-order valence-corrected chi connectivity index (χ1v) is 10.5. The van der Waals surface area contributed by atoms with Gasteiger partial charge in [0.2, 0.25) is 0 Å². The van der Waals surface area contributed by atoms with E-state index >= 15 is 0 Å². The zero-order valence-electron chi connectivity index (χ0n) is 19.6. The fourth-order valence-corrected chi connectivity index (χ4v) is 3.44. The summed E-state index contributed by atoms with van der Waals surface area (Å²) in [6.45, 7) is 1.26. The fraction of sp³-hybridized carbons (Fsp3) is 0.318. The van der Waals surface area contributed by atoms with Crippen LogP contribution < -0.4 is 0 Å². The maximum Gasteiger partial charge on any atom is 0.336 e. The van der Waals surface area contributed by atoms with E-state index in [4.69, 9.17) is 20.4 Å². The lowest BCUT2D eigenvalue weighted by molar-refractivity contribution is -0.170. The number of benzene rings is 1. The average molecular weight is 541 g/mol. The first kappa shape index (κ1) is 29.8. The van der Waals surface area contributed by atoms with E-state index in [1.54, 1.807) is 0 Å². The number of carboxylic acids is 3. The van der Waals surface area contributed by atoms with Gasteiger partial charge in [-0.1, -0.05) is 13.0 Å². The molecule has 16 heteroatoms. The molecule has 5 N–H and O–H groups in total. The van der Waals surface area contributed by atoms with Gasteiger partial charge in [-0.05, 0) is 6.07 Å². The minimum atomic E-state index is -2.74. The van der Waals surface area contributed by atoms with Crippen molar-refractivity contribution in [3.05, 3.63) is 72.1 Å². The smallest absolute Gasteiger partial charge is 0.336 e. The van der Waals surface area contributed by atoms with Gasteiger partial charge in [0, 0.05) is 17.5 Å². The van der Waals surface area contributed by atoms with Crippen molar-refractivity contribution in [3.8, 4) is 0 Å². The number of carboxylic acid groups (broad SMARTS) is 3. The number of nitrogens with zero attached hydrogens (tertiary/aromatic N) is 5. The Morgan fingerprint density at radius 1 is 0.974 bits per heavy atom. The van der Waals surface area contributed by atoms with Gasteiger partial charge in [-0.3, -0.25) is 9.59 Å². The lowest BCUT2D eigenvalue weighted by atomic mass is 9.79. The second-order valence-electron chi connectivity index (χ2n) is 8.10. The topological polar surface area (TPSA) is 209 Å². The predicted octanol–water partition coefficient (Wildman–Crippen LogP) is 0.928. The number of aromatic nitrogens is 5. The van der Waals surface area contributed by atoms with E-state index in [1.165, 1.54) is 24.3 Å². The van der Waals surface area contributed by atoms with Gasteiger partial charge in [0.15, 0.2) is 11.4 Å². The van der Waals surface area contributed by atoms with Crippen molar-refractivity contribution in [2.24, 2.45) is 0 Å². The van der Waals surface area contributed by atoms with Crippen molar-refractivity contribution in [3.63, 3.8) is 0 Å². The molecule has 3 rings (SSSR count). The zero-order chi connectivity index (χ0) is 28.7. The van der Waals surface area contributed by atoms with Crippen molar-refractivity contribution >= 4 is 17.9 Å². The summed E-state index contributed by atoms with van der Waals surface area (Å²) in [6.07, 6.45) is 2.37. The van der Waals surface area contributed by atoms with Crippen LogP contribution in [0.25, 0.3) is 0 Å². The Bertz CT molecular complexity index is 1280. The van der Waals surface area contributed by atoms with Crippen LogP contribution in [-0.2, 0) is 26.5 Å². The molecule has 13 nitrogen and oxygen atoms in total. The summed E-state index contributed by atoms with van der Waals surface area (Å²) in [5.74, 6) is -8.49. The van der Waals surface area contributed by atoms with Gasteiger partial charge in [0.05, 0.1) is 31.3 Å². The lowest BCUT2D eigenvalue weighted by Gasteiger charge is -2.34. The third kappa shape index (κ3) is 7.30. The Morgan fingerprint density at radius 3 is 2.08 bits per heavy atom. The predicted molar refractivity (Wildman–Crippen MR) is 118 cm³/mol. The first-order chi connectivity index (χ1) is 17.7. The van der Waals surface area contributed by atoms with Crippen LogP contribution in [0.5, 0.6) is 0 Å². The van der Waals surface area contributed by atoms with Gasteiger partial charge in [-0.2, -0.15) is 5.10 Å². The van der Waals surface area contributed by atoms with E-state index < -0.39 is 65.3 Å². The second-order valence-corrected chi connectivity index (χ2v) is 8.10. The van der Waals surface area contributed by atoms with Crippen molar-refractivity contribution in [1.29, 1.82) is 0 Å². The molecule has 0 amide bonds. The van der Waals surface area contributed by atoms with Crippen molar-refractivity contribution in [1.82, 2.24) is 24.7 Å². The zero-order valence-corrected chi connectivity index (χ0v) is 19.6. The molecule has 38 heavy (non-hydrogen) atoms. The van der Waals surface area contributed by atoms with Crippen molar-refractivity contribution in [2.75, 3.05) is 0 Å². The number of halogens is 3. The first-order valence-electron chi connectivity index (χ1n) is 10.5. The standard InChI is InChI=1S/C16H14F3N5O.C6H8O7/c1-10(15-14(19)5-20-7-22-15)16(25,6-24-9-21-8-23-24)12-3-2-11(17)4-13(12)18;7-3(8)1-6(13,5(11)12)2-4(9)10/h2-5,7-10,25H,6H2,1H3;13H,1-2H2,(H,7,8)(H,9,10)(H,11,12)/t10-,16+;/m0./s1. The minimum Gasteiger partial charge on any atom is -0.481 e. The van der Waals surface area contributed by atoms with E-state index in [0.717, 1.165) is 24.7 Å². The molecule has 0 saturated heterocycles. The van der Waals surface area contributed by atoms with Crippen molar-refractivity contribution < 1.29 is 53.1 Å². The third-order valence-corrected chi connectivity index (χ3v) is 5.38. The maximum absolute atomic E-state index is 14.4. The van der Waals surface area contributed by atoms with Crippen LogP contribution in [0.15, 0.2) is 43.4 Å². The van der Waals surface area contributed by atoms with E-state index in [0.29, 0.717) is 6.07 Å². The molecule has 0 saturated carbocycles. The normalized spacial score (nSPS) is 13.5. The van der Waals surface area contributed by atoms with Crippen LogP contribution in [0.1, 0.15) is 36.9 Å². The number of hydrogen-bond donors (Lipinski definition) is 5. The Morgan fingerprint density at radius 2 is 1.61 bits per heavy atom. The molecule has 0 fully saturated rings. The summed E-state index contributed by atoms with van der Waals surface area (Å²) in [5.41, 5.74) is -4.99. The Balaban J connectivity index is 0.000000332. The van der Waals surface area contributed by atoms with Gasteiger partial charge < -0.3 is 25.5 Å². The average Bonchev–Trinajstić information content (AvgIpc) is 3.31. The van der Waals surface area contributed by atoms with Crippen LogP contribution in [0, 0.1) is 17.5 Å². The molecule has 2 aromatic heterocycles. The summed E-state index contributed by atoms with van der Waals surface area (Å²) in [6, 6.07) is 2.80. The monoisotopic (exact) mass is 541 g/mol. The number of hydrogen-bond acceptors (Lipinski definition) is 9. The van der Waals surface area contributed by atoms with Crippen LogP contribution in [0.4, 0.5) is 13.2 Å². The van der Waals surface area contributed by atoms with Gasteiger partial charge in [-0.25, -0.2) is 37.6 Å². The molecule has 204 valence electrons. The van der Waals surface area contributed by atoms with Crippen molar-refractivity contribution in [2.45, 2.75) is 43.4 Å². The second kappa shape index (κ2) is 12.2. The van der Waals surface area contributed by atoms with E-state index in [-0.39, 0.29) is 17.8 Å². The molecular formula is C22H22F3N5O8. The van der Waals surface area contributed by atoms with E-state index in [1.807, 2.05) is 0 Å². The van der Waals surface area contributed by atoms with Crippen LogP contribution in [0.2, 0.25) is 0 Å². The van der Waals surface area contributed by atoms with Gasteiger partial charge in [-0.15, -0.1) is 0 Å². The number of aliphatic carboxylic acids is 3. The lowest BCUT2D eigenvalue weighted by Crippen LogP contribution is -2.42. The molecule has 0 radical (unpaired) electrons. The minimum absolute atomic E-state index is 0.0960. The molecule has 0 spiro atoms. The van der Waals surface area contributed by atoms with Gasteiger partial charge in [0.25, 0.3) is 0 Å². The highest BCUT2D eigenvalue weighted by Crippen LogP contribution is 2.39. The number of rotatable bonds is 10. The summed E-state index contributed by atoms with van der Waals surface area (Å²) in [4.78, 5) is 41.7. The quantitative estimate of drug-likeness (QED) is 0.243. The largest absolute Gasteiger partial charge is 0.481 e. The summed E-state index contributed by atoms with van der Waals surface area (Å²) in [7, 11) is 0. The van der Waals surface area contributed by atoms with Crippen LogP contribution >= 0.6 is 0 Å². The Hall–Kier alpha value is -4.44. The molecule has 2 atom stereocenters. The van der Waals surface area contributed by atoms with Crippen LogP contribution in [0.3, 0.4) is 0 Å². The molecular weight excluding hydrogens is 519 g/mol. The molecule has 0 aliphatic heterocycles.